The summed E-state index contributed by atoms with van der Waals surface area (Å²) in [5, 5.41) is 8.87. The summed E-state index contributed by atoms with van der Waals surface area (Å²) in [4.78, 5) is 34.6. The maximum absolute atomic E-state index is 12.2. The van der Waals surface area contributed by atoms with Crippen LogP contribution in [0.15, 0.2) is 12.4 Å². The number of carboxylic acids is 1. The summed E-state index contributed by atoms with van der Waals surface area (Å²) in [7, 11) is 1.94. The molecule has 1 aliphatic heterocycles. The number of hydrogen-bond donors (Lipinski definition) is 1. The second-order valence-electron chi connectivity index (χ2n) is 7.23. The first-order chi connectivity index (χ1) is 11.7. The molecule has 0 bridgehead atoms. The van der Waals surface area contributed by atoms with Gasteiger partial charge in [0.1, 0.15) is 5.60 Å². The normalized spacial score (nSPS) is 18.4. The topological polar surface area (TPSA) is 95.9 Å². The summed E-state index contributed by atoms with van der Waals surface area (Å²) in [5.74, 6) is -1.36. The lowest BCUT2D eigenvalue weighted by atomic mass is 10.1. The van der Waals surface area contributed by atoms with E-state index in [-0.39, 0.29) is 18.0 Å². The Morgan fingerprint density at radius 1 is 1.24 bits per heavy atom. The van der Waals surface area contributed by atoms with Gasteiger partial charge in [-0.25, -0.2) is 19.6 Å². The summed E-state index contributed by atoms with van der Waals surface area (Å²) >= 11 is 0. The van der Waals surface area contributed by atoms with E-state index in [9.17, 15) is 9.59 Å². The molecule has 1 saturated heterocycles. The molecule has 0 spiro atoms. The lowest BCUT2D eigenvalue weighted by Crippen LogP contribution is -2.38. The van der Waals surface area contributed by atoms with Gasteiger partial charge in [0.15, 0.2) is 0 Å². The van der Waals surface area contributed by atoms with E-state index in [1.54, 1.807) is 4.90 Å². The van der Waals surface area contributed by atoms with Gasteiger partial charge in [-0.05, 0) is 40.0 Å². The molecule has 1 fully saturated rings. The van der Waals surface area contributed by atoms with Crippen molar-refractivity contribution in [2.24, 2.45) is 0 Å². The SMILES string of the molecule is CN(c1cnc(C(=O)O)nc1)C1CCCN(C(=O)OC(C)(C)C)CC1. The number of carbonyl (C=O) groups is 2. The van der Waals surface area contributed by atoms with Crippen LogP contribution < -0.4 is 4.90 Å². The van der Waals surface area contributed by atoms with Crippen LogP contribution in [0.2, 0.25) is 0 Å². The number of likely N-dealkylation sites (tertiary alicyclic amines) is 1. The summed E-state index contributed by atoms with van der Waals surface area (Å²) in [5.41, 5.74) is 0.267. The van der Waals surface area contributed by atoms with Crippen molar-refractivity contribution in [3.8, 4) is 0 Å². The number of nitrogens with zero attached hydrogens (tertiary/aromatic N) is 4. The number of amides is 1. The van der Waals surface area contributed by atoms with Gasteiger partial charge in [0.25, 0.3) is 0 Å². The number of aromatic nitrogens is 2. The number of ether oxygens (including phenoxy) is 1. The predicted molar refractivity (Wildman–Crippen MR) is 92.8 cm³/mol. The third kappa shape index (κ3) is 5.30. The number of aromatic carboxylic acids is 1. The number of hydrogen-bond acceptors (Lipinski definition) is 6. The zero-order chi connectivity index (χ0) is 18.6. The third-order valence-corrected chi connectivity index (χ3v) is 4.13. The van der Waals surface area contributed by atoms with Crippen LogP contribution in [-0.4, -0.2) is 63.8 Å². The van der Waals surface area contributed by atoms with Crippen LogP contribution in [0.5, 0.6) is 0 Å². The van der Waals surface area contributed by atoms with Crippen molar-refractivity contribution in [3.63, 3.8) is 0 Å². The van der Waals surface area contributed by atoms with Gasteiger partial charge in [0.2, 0.25) is 5.82 Å². The fraction of sp³-hybridized carbons (Fsp3) is 0.647. The van der Waals surface area contributed by atoms with Crippen LogP contribution >= 0.6 is 0 Å². The molecule has 2 heterocycles. The first kappa shape index (κ1) is 19.0. The second kappa shape index (κ2) is 7.67. The van der Waals surface area contributed by atoms with Crippen molar-refractivity contribution >= 4 is 17.7 Å². The highest BCUT2D eigenvalue weighted by Crippen LogP contribution is 2.22. The second-order valence-corrected chi connectivity index (χ2v) is 7.23. The van der Waals surface area contributed by atoms with Gasteiger partial charge in [-0.2, -0.15) is 0 Å². The van der Waals surface area contributed by atoms with E-state index in [0.717, 1.165) is 24.9 Å². The average Bonchev–Trinajstić information content (AvgIpc) is 2.78. The fourth-order valence-electron chi connectivity index (χ4n) is 2.80. The fourth-order valence-corrected chi connectivity index (χ4v) is 2.80. The largest absolute Gasteiger partial charge is 0.475 e. The van der Waals surface area contributed by atoms with Gasteiger partial charge >= 0.3 is 12.1 Å². The molecule has 0 radical (unpaired) electrons. The van der Waals surface area contributed by atoms with Crippen molar-refractivity contribution < 1.29 is 19.4 Å². The Hall–Kier alpha value is -2.38. The minimum atomic E-state index is -1.14. The molecule has 8 nitrogen and oxygen atoms in total. The molecular formula is C17H26N4O4. The van der Waals surface area contributed by atoms with Crippen LogP contribution in [-0.2, 0) is 4.74 Å². The molecule has 1 aromatic rings. The Morgan fingerprint density at radius 3 is 2.44 bits per heavy atom. The lowest BCUT2D eigenvalue weighted by Gasteiger charge is -2.29. The molecule has 8 heteroatoms. The Morgan fingerprint density at radius 2 is 1.88 bits per heavy atom. The van der Waals surface area contributed by atoms with E-state index in [0.29, 0.717) is 13.1 Å². The molecule has 0 saturated carbocycles. The highest BCUT2D eigenvalue weighted by Gasteiger charge is 2.27. The van der Waals surface area contributed by atoms with Crippen molar-refractivity contribution in [2.75, 3.05) is 25.0 Å². The summed E-state index contributed by atoms with van der Waals surface area (Å²) in [6.45, 7) is 6.88. The first-order valence-electron chi connectivity index (χ1n) is 8.43. The van der Waals surface area contributed by atoms with Gasteiger partial charge in [-0.15, -0.1) is 0 Å². The van der Waals surface area contributed by atoms with Crippen molar-refractivity contribution in [1.29, 1.82) is 0 Å². The molecular weight excluding hydrogens is 324 g/mol. The molecule has 0 aliphatic carbocycles. The van der Waals surface area contributed by atoms with Crippen LogP contribution in [0.4, 0.5) is 10.5 Å². The highest BCUT2D eigenvalue weighted by molar-refractivity contribution is 5.83. The molecule has 2 rings (SSSR count). The summed E-state index contributed by atoms with van der Waals surface area (Å²) in [6.07, 6.45) is 5.37. The average molecular weight is 350 g/mol. The van der Waals surface area contributed by atoms with Gasteiger partial charge < -0.3 is 19.6 Å². The Balaban J connectivity index is 1.97. The minimum absolute atomic E-state index is 0.214. The van der Waals surface area contributed by atoms with Crippen molar-refractivity contribution in [1.82, 2.24) is 14.9 Å². The van der Waals surface area contributed by atoms with Crippen LogP contribution in [0, 0.1) is 0 Å². The smallest absolute Gasteiger partial charge is 0.410 e. The van der Waals surface area contributed by atoms with Crippen LogP contribution in [0.25, 0.3) is 0 Å². The van der Waals surface area contributed by atoms with Crippen LogP contribution in [0.1, 0.15) is 50.7 Å². The van der Waals surface area contributed by atoms with Crippen LogP contribution in [0.3, 0.4) is 0 Å². The number of rotatable bonds is 3. The Bertz CT molecular complexity index is 612. The molecule has 1 aliphatic rings. The van der Waals surface area contributed by atoms with Crippen molar-refractivity contribution in [3.05, 3.63) is 18.2 Å². The summed E-state index contributed by atoms with van der Waals surface area (Å²) < 4.78 is 5.45. The molecule has 1 atom stereocenters. The quantitative estimate of drug-likeness (QED) is 0.894. The molecule has 0 aromatic carbocycles. The molecule has 1 amide bonds. The molecule has 1 unspecified atom stereocenters. The Kier molecular flexibility index (Phi) is 5.81. The van der Waals surface area contributed by atoms with E-state index in [2.05, 4.69) is 9.97 Å². The van der Waals surface area contributed by atoms with E-state index in [1.165, 1.54) is 12.4 Å². The summed E-state index contributed by atoms with van der Waals surface area (Å²) in [6, 6.07) is 0.228. The number of carbonyl (C=O) groups excluding carboxylic acids is 1. The third-order valence-electron chi connectivity index (χ3n) is 4.13. The van der Waals surface area contributed by atoms with E-state index < -0.39 is 11.6 Å². The number of carboxylic acid groups (broad SMARTS) is 1. The number of anilines is 1. The minimum Gasteiger partial charge on any atom is -0.475 e. The molecule has 1 N–H and O–H groups in total. The zero-order valence-corrected chi connectivity index (χ0v) is 15.2. The monoisotopic (exact) mass is 350 g/mol. The van der Waals surface area contributed by atoms with Crippen molar-refractivity contribution in [2.45, 2.75) is 51.7 Å². The van der Waals surface area contributed by atoms with E-state index in [1.807, 2.05) is 32.7 Å². The van der Waals surface area contributed by atoms with Gasteiger partial charge in [-0.3, -0.25) is 0 Å². The lowest BCUT2D eigenvalue weighted by molar-refractivity contribution is 0.0256. The van der Waals surface area contributed by atoms with E-state index in [4.69, 9.17) is 9.84 Å². The predicted octanol–water partition coefficient (Wildman–Crippen LogP) is 2.40. The molecule has 138 valence electrons. The maximum atomic E-state index is 12.2. The van der Waals surface area contributed by atoms with Gasteiger partial charge in [-0.1, -0.05) is 0 Å². The maximum Gasteiger partial charge on any atom is 0.410 e. The zero-order valence-electron chi connectivity index (χ0n) is 15.2. The standard InChI is InChI=1S/C17H26N4O4/c1-17(2,3)25-16(24)21-8-5-6-12(7-9-21)20(4)13-10-18-14(15(22)23)19-11-13/h10-12H,5-9H2,1-4H3,(H,22,23). The van der Waals surface area contributed by atoms with E-state index >= 15 is 0 Å². The first-order valence-corrected chi connectivity index (χ1v) is 8.43. The van der Waals surface area contributed by atoms with Gasteiger partial charge in [0, 0.05) is 26.2 Å². The highest BCUT2D eigenvalue weighted by atomic mass is 16.6. The molecule has 1 aromatic heterocycles. The molecule has 25 heavy (non-hydrogen) atoms. The Labute approximate surface area is 147 Å². The van der Waals surface area contributed by atoms with Gasteiger partial charge in [0.05, 0.1) is 18.1 Å².